The van der Waals surface area contributed by atoms with Crippen molar-refractivity contribution in [2.75, 3.05) is 51.0 Å². The van der Waals surface area contributed by atoms with Crippen molar-refractivity contribution in [3.05, 3.63) is 65.9 Å². The molecule has 2 heterocycles. The summed E-state index contributed by atoms with van der Waals surface area (Å²) in [4.78, 5) is 21.7. The summed E-state index contributed by atoms with van der Waals surface area (Å²) in [5, 5.41) is 7.57. The highest BCUT2D eigenvalue weighted by molar-refractivity contribution is 7.19. The minimum Gasteiger partial charge on any atom is -0.497 e. The average molecular weight is 438 g/mol. The first kappa shape index (κ1) is 21.3. The van der Waals surface area contributed by atoms with E-state index in [2.05, 4.69) is 32.5 Å². The summed E-state index contributed by atoms with van der Waals surface area (Å²) in [5.74, 6) is 0.665. The van der Waals surface area contributed by atoms with Gasteiger partial charge in [-0.1, -0.05) is 23.5 Å². The van der Waals surface area contributed by atoms with Gasteiger partial charge in [0.05, 0.1) is 13.3 Å². The molecule has 0 atom stereocenters. The van der Waals surface area contributed by atoms with Crippen LogP contribution in [0.15, 0.2) is 54.7 Å². The van der Waals surface area contributed by atoms with Crippen LogP contribution in [-0.4, -0.2) is 61.0 Å². The van der Waals surface area contributed by atoms with Gasteiger partial charge in [-0.25, -0.2) is 4.98 Å². The molecule has 1 amide bonds. The van der Waals surface area contributed by atoms with Crippen LogP contribution in [0.3, 0.4) is 0 Å². The lowest BCUT2D eigenvalue weighted by atomic mass is 10.1. The predicted molar refractivity (Wildman–Crippen MR) is 126 cm³/mol. The third kappa shape index (κ3) is 5.81. The molecular formula is C23H27N5O2S. The lowest BCUT2D eigenvalue weighted by Gasteiger charge is -2.32. The minimum atomic E-state index is -0.134. The molecule has 0 spiro atoms. The quantitative estimate of drug-likeness (QED) is 0.584. The first-order valence-corrected chi connectivity index (χ1v) is 11.1. The molecule has 7 nitrogen and oxygen atoms in total. The molecule has 31 heavy (non-hydrogen) atoms. The van der Waals surface area contributed by atoms with E-state index in [-0.39, 0.29) is 5.91 Å². The van der Waals surface area contributed by atoms with Gasteiger partial charge in [-0.2, -0.15) is 0 Å². The van der Waals surface area contributed by atoms with Gasteiger partial charge in [0.25, 0.3) is 5.91 Å². The molecule has 1 aliphatic rings. The number of ether oxygens (including phenoxy) is 1. The number of nitrogens with zero attached hydrogens (tertiary/aromatic N) is 3. The number of piperazine rings is 1. The number of hydrogen-bond donors (Lipinski definition) is 2. The highest BCUT2D eigenvalue weighted by Crippen LogP contribution is 2.27. The fourth-order valence-corrected chi connectivity index (χ4v) is 4.13. The van der Waals surface area contributed by atoms with Gasteiger partial charge in [0.2, 0.25) is 0 Å². The second-order valence-electron chi connectivity index (χ2n) is 7.61. The Hall–Kier alpha value is -2.94. The molecule has 0 bridgehead atoms. The fraction of sp³-hybridized carbons (Fsp3) is 0.304. The molecule has 0 radical (unpaired) electrons. The van der Waals surface area contributed by atoms with Crippen LogP contribution in [-0.2, 0) is 6.54 Å². The van der Waals surface area contributed by atoms with Crippen molar-refractivity contribution in [2.24, 2.45) is 0 Å². The fourth-order valence-electron chi connectivity index (χ4n) is 3.40. The molecule has 4 rings (SSSR count). The maximum Gasteiger partial charge on any atom is 0.256 e. The molecule has 2 N–H and O–H groups in total. The number of nitrogens with one attached hydrogen (secondary N) is 2. The van der Waals surface area contributed by atoms with Crippen molar-refractivity contribution in [2.45, 2.75) is 6.54 Å². The van der Waals surface area contributed by atoms with Crippen LogP contribution in [0.5, 0.6) is 5.75 Å². The number of likely N-dealkylation sites (N-methyl/N-ethyl adjacent to an activating group) is 1. The van der Waals surface area contributed by atoms with Crippen LogP contribution in [0.25, 0.3) is 0 Å². The molecule has 1 saturated heterocycles. The third-order valence-electron chi connectivity index (χ3n) is 5.30. The van der Waals surface area contributed by atoms with Gasteiger partial charge < -0.3 is 20.3 Å². The number of methoxy groups -OCH3 is 1. The van der Waals surface area contributed by atoms with Crippen molar-refractivity contribution in [3.63, 3.8) is 0 Å². The second-order valence-corrected chi connectivity index (χ2v) is 8.64. The van der Waals surface area contributed by atoms with Gasteiger partial charge in [0, 0.05) is 44.0 Å². The summed E-state index contributed by atoms with van der Waals surface area (Å²) >= 11 is 1.39. The number of rotatable bonds is 7. The number of carbonyl (C=O) groups excluding carboxylic acids is 1. The van der Waals surface area contributed by atoms with Crippen molar-refractivity contribution in [1.82, 2.24) is 14.8 Å². The monoisotopic (exact) mass is 437 g/mol. The lowest BCUT2D eigenvalue weighted by molar-refractivity contribution is 0.102. The van der Waals surface area contributed by atoms with E-state index in [0.717, 1.165) is 44.2 Å². The maximum absolute atomic E-state index is 12.6. The average Bonchev–Trinajstić information content (AvgIpc) is 3.23. The molecule has 0 saturated carbocycles. The number of carbonyl (C=O) groups is 1. The molecule has 1 fully saturated rings. The molecule has 0 aliphatic carbocycles. The molecule has 3 aromatic rings. The van der Waals surface area contributed by atoms with Gasteiger partial charge in [-0.05, 0) is 49.0 Å². The summed E-state index contributed by atoms with van der Waals surface area (Å²) in [6, 6.07) is 15.5. The van der Waals surface area contributed by atoms with Crippen LogP contribution in [0.2, 0.25) is 0 Å². The Kier molecular flexibility index (Phi) is 6.81. The lowest BCUT2D eigenvalue weighted by Crippen LogP contribution is -2.43. The number of hydrogen-bond acceptors (Lipinski definition) is 7. The smallest absolute Gasteiger partial charge is 0.256 e. The largest absolute Gasteiger partial charge is 0.497 e. The zero-order chi connectivity index (χ0) is 21.6. The van der Waals surface area contributed by atoms with Crippen LogP contribution in [0, 0.1) is 0 Å². The Morgan fingerprint density at radius 2 is 1.77 bits per heavy atom. The van der Waals surface area contributed by atoms with Gasteiger partial charge in [0.1, 0.15) is 10.8 Å². The summed E-state index contributed by atoms with van der Waals surface area (Å²) in [6.07, 6.45) is 1.66. The first-order valence-electron chi connectivity index (χ1n) is 10.3. The van der Waals surface area contributed by atoms with Crippen LogP contribution in [0.4, 0.5) is 15.8 Å². The van der Waals surface area contributed by atoms with Crippen molar-refractivity contribution < 1.29 is 9.53 Å². The molecule has 0 unspecified atom stereocenters. The SMILES string of the molecule is COc1ccc(Nc2ncc(NC(=O)c3ccc(CN4CCN(C)CC4)cc3)s2)cc1. The van der Waals surface area contributed by atoms with Gasteiger partial charge in [-0.3, -0.25) is 9.69 Å². The van der Waals surface area contributed by atoms with Crippen LogP contribution in [0.1, 0.15) is 15.9 Å². The summed E-state index contributed by atoms with van der Waals surface area (Å²) in [7, 11) is 3.80. The Balaban J connectivity index is 1.30. The van der Waals surface area contributed by atoms with Crippen LogP contribution < -0.4 is 15.4 Å². The standard InChI is InChI=1S/C23H27N5O2S/c1-27-11-13-28(14-12-27)16-17-3-5-18(6-4-17)22(29)26-21-15-24-23(31-21)25-19-7-9-20(30-2)10-8-19/h3-10,15H,11-14,16H2,1-2H3,(H,24,25)(H,26,29). The predicted octanol–water partition coefficient (Wildman–Crippen LogP) is 3.90. The molecule has 1 aromatic heterocycles. The Bertz CT molecular complexity index is 996. The van der Waals surface area contributed by atoms with E-state index < -0.39 is 0 Å². The number of amides is 1. The zero-order valence-corrected chi connectivity index (χ0v) is 18.6. The number of anilines is 3. The van der Waals surface area contributed by atoms with E-state index in [1.165, 1.54) is 16.9 Å². The number of benzene rings is 2. The van der Waals surface area contributed by atoms with E-state index in [1.807, 2.05) is 48.5 Å². The maximum atomic E-state index is 12.6. The van der Waals surface area contributed by atoms with Crippen molar-refractivity contribution in [1.29, 1.82) is 0 Å². The molecule has 2 aromatic carbocycles. The van der Waals surface area contributed by atoms with Gasteiger partial charge >= 0.3 is 0 Å². The number of aromatic nitrogens is 1. The van der Waals surface area contributed by atoms with E-state index >= 15 is 0 Å². The third-order valence-corrected chi connectivity index (χ3v) is 6.13. The summed E-state index contributed by atoms with van der Waals surface area (Å²) in [5.41, 5.74) is 2.77. The summed E-state index contributed by atoms with van der Waals surface area (Å²) < 4.78 is 5.17. The van der Waals surface area contributed by atoms with Crippen molar-refractivity contribution >= 4 is 33.1 Å². The Morgan fingerprint density at radius 1 is 1.06 bits per heavy atom. The van der Waals surface area contributed by atoms with Crippen molar-refractivity contribution in [3.8, 4) is 5.75 Å². The second kappa shape index (κ2) is 9.91. The van der Waals surface area contributed by atoms with E-state index in [0.29, 0.717) is 15.7 Å². The minimum absolute atomic E-state index is 0.134. The normalized spacial score (nSPS) is 14.9. The molecule has 1 aliphatic heterocycles. The molecule has 162 valence electrons. The Morgan fingerprint density at radius 3 is 2.45 bits per heavy atom. The van der Waals surface area contributed by atoms with E-state index in [1.54, 1.807) is 13.3 Å². The zero-order valence-electron chi connectivity index (χ0n) is 17.8. The van der Waals surface area contributed by atoms with E-state index in [9.17, 15) is 4.79 Å². The highest BCUT2D eigenvalue weighted by Gasteiger charge is 2.14. The van der Waals surface area contributed by atoms with Gasteiger partial charge in [0.15, 0.2) is 5.13 Å². The van der Waals surface area contributed by atoms with Gasteiger partial charge in [-0.15, -0.1) is 0 Å². The topological polar surface area (TPSA) is 69.7 Å². The molecular weight excluding hydrogens is 410 g/mol. The number of thiazole rings is 1. The van der Waals surface area contributed by atoms with E-state index in [4.69, 9.17) is 4.74 Å². The Labute approximate surface area is 186 Å². The van der Waals surface area contributed by atoms with Crippen LogP contribution >= 0.6 is 11.3 Å². The molecule has 8 heteroatoms. The first-order chi connectivity index (χ1) is 15.1. The summed E-state index contributed by atoms with van der Waals surface area (Å²) in [6.45, 7) is 5.29. The highest BCUT2D eigenvalue weighted by atomic mass is 32.1.